The predicted molar refractivity (Wildman–Crippen MR) is 133 cm³/mol. The fourth-order valence-electron chi connectivity index (χ4n) is 3.57. The van der Waals surface area contributed by atoms with Crippen LogP contribution in [0.4, 0.5) is 0 Å². The summed E-state index contributed by atoms with van der Waals surface area (Å²) in [5.41, 5.74) is 1.13. The largest absolute Gasteiger partial charge is 0.460 e. The predicted octanol–water partition coefficient (Wildman–Crippen LogP) is 3.28. The second-order valence-electron chi connectivity index (χ2n) is 10.2. The van der Waals surface area contributed by atoms with E-state index in [0.717, 1.165) is 5.56 Å². The normalized spacial score (nSPS) is 11.4. The smallest absolute Gasteiger partial charge is 0.308 e. The van der Waals surface area contributed by atoms with Crippen LogP contribution in [-0.2, 0) is 32.2 Å². The van der Waals surface area contributed by atoms with Crippen LogP contribution >= 0.6 is 0 Å². The molecular formula is C26H39N5O4. The van der Waals surface area contributed by atoms with Crippen molar-refractivity contribution in [2.24, 2.45) is 5.92 Å². The van der Waals surface area contributed by atoms with E-state index in [2.05, 4.69) is 10.3 Å². The maximum atomic E-state index is 13.1. The monoisotopic (exact) mass is 485 g/mol. The quantitative estimate of drug-likeness (QED) is 0.428. The van der Waals surface area contributed by atoms with Crippen LogP contribution in [0.15, 0.2) is 36.5 Å². The number of aromatic nitrogens is 3. The average molecular weight is 486 g/mol. The summed E-state index contributed by atoms with van der Waals surface area (Å²) < 4.78 is 7.12. The molecule has 2 amide bonds. The summed E-state index contributed by atoms with van der Waals surface area (Å²) >= 11 is 0. The van der Waals surface area contributed by atoms with E-state index in [1.807, 2.05) is 65.0 Å². The molecule has 0 spiro atoms. The van der Waals surface area contributed by atoms with Gasteiger partial charge in [-0.05, 0) is 32.3 Å². The molecular weight excluding hydrogens is 446 g/mol. The highest BCUT2D eigenvalue weighted by molar-refractivity contribution is 5.79. The zero-order valence-corrected chi connectivity index (χ0v) is 21.9. The van der Waals surface area contributed by atoms with Crippen LogP contribution in [0.5, 0.6) is 0 Å². The lowest BCUT2D eigenvalue weighted by Gasteiger charge is -2.26. The highest BCUT2D eigenvalue weighted by Crippen LogP contribution is 2.12. The molecule has 1 aromatic carbocycles. The van der Waals surface area contributed by atoms with Crippen molar-refractivity contribution in [3.8, 4) is 0 Å². The minimum absolute atomic E-state index is 0.0596. The van der Waals surface area contributed by atoms with Gasteiger partial charge in [0, 0.05) is 33.0 Å². The Balaban J connectivity index is 2.07. The lowest BCUT2D eigenvalue weighted by Crippen LogP contribution is -2.38. The fraction of sp³-hybridized carbons (Fsp3) is 0.577. The number of benzene rings is 1. The molecule has 0 unspecified atom stereocenters. The first-order chi connectivity index (χ1) is 16.4. The first-order valence-corrected chi connectivity index (χ1v) is 12.1. The van der Waals surface area contributed by atoms with E-state index in [9.17, 15) is 14.4 Å². The van der Waals surface area contributed by atoms with E-state index in [1.54, 1.807) is 20.7 Å². The van der Waals surface area contributed by atoms with E-state index in [-0.39, 0.29) is 43.7 Å². The van der Waals surface area contributed by atoms with Crippen molar-refractivity contribution in [3.05, 3.63) is 47.8 Å². The van der Waals surface area contributed by atoms with Crippen molar-refractivity contribution in [1.82, 2.24) is 24.8 Å². The van der Waals surface area contributed by atoms with Crippen LogP contribution in [0.2, 0.25) is 0 Å². The number of esters is 1. The van der Waals surface area contributed by atoms with Crippen molar-refractivity contribution in [1.29, 1.82) is 0 Å². The summed E-state index contributed by atoms with van der Waals surface area (Å²) in [7, 11) is 0. The molecule has 35 heavy (non-hydrogen) atoms. The Kier molecular flexibility index (Phi) is 10.4. The standard InChI is InChI=1S/C26H39N5O4/c1-20(2)16-29(21(3)32)14-12-24(33)30(15-13-25(34)35-26(4,5)6)18-23-19-31(28-27-23)17-22-10-8-7-9-11-22/h7-11,19-20H,12-18H2,1-6H3. The number of rotatable bonds is 12. The molecule has 1 aromatic heterocycles. The molecule has 1 heterocycles. The molecule has 0 aliphatic heterocycles. The Morgan fingerprint density at radius 2 is 1.69 bits per heavy atom. The summed E-state index contributed by atoms with van der Waals surface area (Å²) in [4.78, 5) is 40.7. The van der Waals surface area contributed by atoms with Crippen molar-refractivity contribution in [3.63, 3.8) is 0 Å². The Bertz CT molecular complexity index is 966. The van der Waals surface area contributed by atoms with Gasteiger partial charge in [-0.15, -0.1) is 5.10 Å². The summed E-state index contributed by atoms with van der Waals surface area (Å²) in [6.45, 7) is 12.9. The van der Waals surface area contributed by atoms with Crippen LogP contribution in [-0.4, -0.2) is 67.8 Å². The van der Waals surface area contributed by atoms with Gasteiger partial charge in [0.2, 0.25) is 11.8 Å². The Labute approximate surface area is 208 Å². The lowest BCUT2D eigenvalue weighted by molar-refractivity contribution is -0.155. The van der Waals surface area contributed by atoms with E-state index in [1.165, 1.54) is 6.92 Å². The van der Waals surface area contributed by atoms with Gasteiger partial charge in [0.05, 0.1) is 25.7 Å². The van der Waals surface area contributed by atoms with Gasteiger partial charge in [-0.3, -0.25) is 14.4 Å². The minimum atomic E-state index is -0.592. The second-order valence-corrected chi connectivity index (χ2v) is 10.2. The van der Waals surface area contributed by atoms with Crippen LogP contribution in [0.1, 0.15) is 65.6 Å². The van der Waals surface area contributed by atoms with Crippen LogP contribution < -0.4 is 0 Å². The Morgan fingerprint density at radius 1 is 1.03 bits per heavy atom. The molecule has 9 nitrogen and oxygen atoms in total. The molecule has 0 atom stereocenters. The van der Waals surface area contributed by atoms with Gasteiger partial charge in [-0.1, -0.05) is 49.4 Å². The highest BCUT2D eigenvalue weighted by atomic mass is 16.6. The maximum absolute atomic E-state index is 13.1. The SMILES string of the molecule is CC(=O)N(CCC(=O)N(CCC(=O)OC(C)(C)C)Cc1cn(Cc2ccccc2)nn1)CC(C)C. The maximum Gasteiger partial charge on any atom is 0.308 e. The molecule has 0 aliphatic rings. The van der Waals surface area contributed by atoms with Gasteiger partial charge in [-0.2, -0.15) is 0 Å². The van der Waals surface area contributed by atoms with Gasteiger partial charge in [0.1, 0.15) is 11.3 Å². The third-order valence-corrected chi connectivity index (χ3v) is 5.11. The summed E-state index contributed by atoms with van der Waals surface area (Å²) in [6.07, 6.45) is 2.05. The number of hydrogen-bond acceptors (Lipinski definition) is 6. The second kappa shape index (κ2) is 13.0. The zero-order valence-electron chi connectivity index (χ0n) is 21.9. The topological polar surface area (TPSA) is 97.6 Å². The minimum Gasteiger partial charge on any atom is -0.460 e. The molecule has 0 aliphatic carbocycles. The summed E-state index contributed by atoms with van der Waals surface area (Å²) in [5.74, 6) is -0.276. The number of amides is 2. The number of hydrogen-bond donors (Lipinski definition) is 0. The Hall–Kier alpha value is -3.23. The van der Waals surface area contributed by atoms with Gasteiger partial charge >= 0.3 is 5.97 Å². The van der Waals surface area contributed by atoms with E-state index in [4.69, 9.17) is 4.74 Å². The molecule has 0 fully saturated rings. The molecule has 0 saturated heterocycles. The number of nitrogens with zero attached hydrogens (tertiary/aromatic N) is 5. The lowest BCUT2D eigenvalue weighted by atomic mass is 10.2. The molecule has 192 valence electrons. The molecule has 0 radical (unpaired) electrons. The van der Waals surface area contributed by atoms with E-state index < -0.39 is 5.60 Å². The summed E-state index contributed by atoms with van der Waals surface area (Å²) in [6, 6.07) is 9.91. The average Bonchev–Trinajstić information content (AvgIpc) is 3.19. The van der Waals surface area contributed by atoms with Gasteiger partial charge in [0.15, 0.2) is 0 Å². The molecule has 0 bridgehead atoms. The number of carbonyl (C=O) groups excluding carboxylic acids is 3. The molecule has 9 heteroatoms. The zero-order chi connectivity index (χ0) is 26.0. The van der Waals surface area contributed by atoms with Crippen molar-refractivity contribution < 1.29 is 19.1 Å². The first-order valence-electron chi connectivity index (χ1n) is 12.1. The van der Waals surface area contributed by atoms with Crippen molar-refractivity contribution >= 4 is 17.8 Å². The van der Waals surface area contributed by atoms with Crippen LogP contribution in [0, 0.1) is 5.92 Å². The fourth-order valence-corrected chi connectivity index (χ4v) is 3.57. The van der Waals surface area contributed by atoms with Gasteiger partial charge in [0.25, 0.3) is 0 Å². The Morgan fingerprint density at radius 3 is 2.29 bits per heavy atom. The highest BCUT2D eigenvalue weighted by Gasteiger charge is 2.22. The third-order valence-electron chi connectivity index (χ3n) is 5.11. The molecule has 2 aromatic rings. The van der Waals surface area contributed by atoms with E-state index in [0.29, 0.717) is 31.2 Å². The van der Waals surface area contributed by atoms with Gasteiger partial charge < -0.3 is 14.5 Å². The third kappa shape index (κ3) is 10.7. The van der Waals surface area contributed by atoms with Crippen molar-refractivity contribution in [2.45, 2.75) is 73.1 Å². The first kappa shape index (κ1) is 28.0. The summed E-state index contributed by atoms with van der Waals surface area (Å²) in [5, 5.41) is 8.40. The van der Waals surface area contributed by atoms with E-state index >= 15 is 0 Å². The van der Waals surface area contributed by atoms with Gasteiger partial charge in [-0.25, -0.2) is 4.68 Å². The van der Waals surface area contributed by atoms with Crippen LogP contribution in [0.25, 0.3) is 0 Å². The van der Waals surface area contributed by atoms with Crippen molar-refractivity contribution in [2.75, 3.05) is 19.6 Å². The number of ether oxygens (including phenoxy) is 1. The molecule has 2 rings (SSSR count). The van der Waals surface area contributed by atoms with Crippen LogP contribution in [0.3, 0.4) is 0 Å². The molecule has 0 N–H and O–H groups in total. The molecule has 0 saturated carbocycles. The number of carbonyl (C=O) groups is 3.